The Bertz CT molecular complexity index is 459. The molecule has 2 rings (SSSR count). The third kappa shape index (κ3) is 2.73. The van der Waals surface area contributed by atoms with E-state index >= 15 is 0 Å². The second-order valence-electron chi connectivity index (χ2n) is 4.34. The molecule has 18 heavy (non-hydrogen) atoms. The Morgan fingerprint density at radius 3 is 3.00 bits per heavy atom. The van der Waals surface area contributed by atoms with Crippen LogP contribution in [0.4, 0.5) is 0 Å². The van der Waals surface area contributed by atoms with Gasteiger partial charge in [-0.15, -0.1) is 0 Å². The first-order chi connectivity index (χ1) is 8.60. The molecule has 0 fully saturated rings. The van der Waals surface area contributed by atoms with Gasteiger partial charge in [-0.1, -0.05) is 0 Å². The molecule has 0 saturated heterocycles. The van der Waals surface area contributed by atoms with Crippen LogP contribution in [0.25, 0.3) is 0 Å². The van der Waals surface area contributed by atoms with Gasteiger partial charge in [-0.25, -0.2) is 4.79 Å². The molecular weight excluding hydrogens is 234 g/mol. The third-order valence-electron chi connectivity index (χ3n) is 2.89. The van der Waals surface area contributed by atoms with Gasteiger partial charge in [0.1, 0.15) is 11.5 Å². The van der Waals surface area contributed by atoms with E-state index in [2.05, 4.69) is 0 Å². The van der Waals surface area contributed by atoms with Gasteiger partial charge in [0.25, 0.3) is 0 Å². The number of fused-ring (bicyclic) bond motifs is 1. The molecule has 0 amide bonds. The summed E-state index contributed by atoms with van der Waals surface area (Å²) >= 11 is 0. The topological polar surface area (TPSA) is 81.8 Å². The molecule has 98 valence electrons. The number of carbonyl (C=O) groups excluding carboxylic acids is 1. The second kappa shape index (κ2) is 5.27. The van der Waals surface area contributed by atoms with Crippen LogP contribution < -0.4 is 10.5 Å². The van der Waals surface area contributed by atoms with Gasteiger partial charge in [0.05, 0.1) is 6.61 Å². The van der Waals surface area contributed by atoms with Crippen LogP contribution in [-0.4, -0.2) is 30.3 Å². The van der Waals surface area contributed by atoms with Gasteiger partial charge in [0, 0.05) is 12.1 Å². The summed E-state index contributed by atoms with van der Waals surface area (Å²) in [6.07, 6.45) is 1.42. The van der Waals surface area contributed by atoms with Crippen molar-refractivity contribution in [1.82, 2.24) is 0 Å². The fraction of sp³-hybridized carbons (Fsp3) is 0.462. The molecule has 5 nitrogen and oxygen atoms in total. The lowest BCUT2D eigenvalue weighted by atomic mass is 10.1. The predicted molar refractivity (Wildman–Crippen MR) is 65.6 cm³/mol. The minimum absolute atomic E-state index is 0.0479. The number of hydrogen-bond acceptors (Lipinski definition) is 5. The largest absolute Gasteiger partial charge is 0.508 e. The smallest absolute Gasteiger partial charge is 0.344 e. The van der Waals surface area contributed by atoms with Crippen molar-refractivity contribution in [3.63, 3.8) is 0 Å². The van der Waals surface area contributed by atoms with Crippen molar-refractivity contribution in [1.29, 1.82) is 0 Å². The number of phenolic OH excluding ortho intramolecular Hbond substituents is 1. The van der Waals surface area contributed by atoms with Crippen molar-refractivity contribution in [3.05, 3.63) is 23.3 Å². The average molecular weight is 251 g/mol. The lowest BCUT2D eigenvalue weighted by Gasteiger charge is -2.11. The van der Waals surface area contributed by atoms with Crippen molar-refractivity contribution < 1.29 is 19.4 Å². The first-order valence-corrected chi connectivity index (χ1v) is 5.99. The molecule has 0 saturated carbocycles. The van der Waals surface area contributed by atoms with Crippen molar-refractivity contribution in [2.75, 3.05) is 13.2 Å². The maximum absolute atomic E-state index is 11.2. The van der Waals surface area contributed by atoms with E-state index in [1.54, 1.807) is 13.0 Å². The maximum Gasteiger partial charge on any atom is 0.344 e. The van der Waals surface area contributed by atoms with E-state index in [4.69, 9.17) is 15.2 Å². The number of rotatable bonds is 4. The van der Waals surface area contributed by atoms with Crippen LogP contribution in [0.1, 0.15) is 18.1 Å². The molecule has 0 radical (unpaired) electrons. The third-order valence-corrected chi connectivity index (χ3v) is 2.89. The highest BCUT2D eigenvalue weighted by Gasteiger charge is 2.23. The summed E-state index contributed by atoms with van der Waals surface area (Å²) in [6.45, 7) is 1.91. The predicted octanol–water partition coefficient (Wildman–Crippen LogP) is 0.760. The molecule has 0 heterocycles. The molecule has 0 spiro atoms. The monoisotopic (exact) mass is 251 g/mol. The number of ether oxygens (including phenoxy) is 2. The fourth-order valence-corrected chi connectivity index (χ4v) is 2.19. The molecule has 1 aromatic rings. The summed E-state index contributed by atoms with van der Waals surface area (Å²) in [5, 5.41) is 9.60. The van der Waals surface area contributed by atoms with Gasteiger partial charge in [0.2, 0.25) is 0 Å². The quantitative estimate of drug-likeness (QED) is 0.772. The standard InChI is InChI=1S/C13H17NO4/c1-2-17-13(16)7-18-12-6-10(15)4-8-3-9(14)5-11(8)12/h4,6,9,15H,2-3,5,7,14H2,1H3. The second-order valence-corrected chi connectivity index (χ2v) is 4.34. The summed E-state index contributed by atoms with van der Waals surface area (Å²) < 4.78 is 10.2. The Morgan fingerprint density at radius 2 is 2.28 bits per heavy atom. The highest BCUT2D eigenvalue weighted by Crippen LogP contribution is 2.34. The molecule has 1 aliphatic rings. The molecule has 0 aromatic heterocycles. The number of hydrogen-bond donors (Lipinski definition) is 2. The van der Waals surface area contributed by atoms with Crippen LogP contribution in [0.3, 0.4) is 0 Å². The van der Waals surface area contributed by atoms with Crippen LogP contribution in [0, 0.1) is 0 Å². The van der Waals surface area contributed by atoms with Crippen LogP contribution >= 0.6 is 0 Å². The van der Waals surface area contributed by atoms with E-state index in [0.717, 1.165) is 17.5 Å². The zero-order valence-electron chi connectivity index (χ0n) is 10.3. The minimum atomic E-state index is -0.420. The summed E-state index contributed by atoms with van der Waals surface area (Å²) in [5.74, 6) is 0.226. The van der Waals surface area contributed by atoms with Crippen LogP contribution in [0.5, 0.6) is 11.5 Å². The van der Waals surface area contributed by atoms with Crippen LogP contribution in [0.15, 0.2) is 12.1 Å². The average Bonchev–Trinajstić information content (AvgIpc) is 2.66. The SMILES string of the molecule is CCOC(=O)COc1cc(O)cc2c1CC(N)C2. The van der Waals surface area contributed by atoms with Gasteiger partial charge in [-0.2, -0.15) is 0 Å². The fourth-order valence-electron chi connectivity index (χ4n) is 2.19. The summed E-state index contributed by atoms with van der Waals surface area (Å²) in [4.78, 5) is 11.2. The van der Waals surface area contributed by atoms with E-state index in [-0.39, 0.29) is 18.4 Å². The lowest BCUT2D eigenvalue weighted by Crippen LogP contribution is -2.19. The van der Waals surface area contributed by atoms with Gasteiger partial charge in [-0.3, -0.25) is 0 Å². The number of carbonyl (C=O) groups is 1. The van der Waals surface area contributed by atoms with Crippen molar-refractivity contribution in [2.24, 2.45) is 5.73 Å². The Hall–Kier alpha value is -1.75. The van der Waals surface area contributed by atoms with Crippen LogP contribution in [0.2, 0.25) is 0 Å². The van der Waals surface area contributed by atoms with Crippen molar-refractivity contribution >= 4 is 5.97 Å². The van der Waals surface area contributed by atoms with Crippen LogP contribution in [-0.2, 0) is 22.4 Å². The first kappa shape index (κ1) is 12.7. The Balaban J connectivity index is 2.11. The number of phenols is 1. The molecule has 5 heteroatoms. The molecule has 1 aliphatic carbocycles. The number of nitrogens with two attached hydrogens (primary N) is 1. The molecule has 1 atom stereocenters. The number of benzene rings is 1. The lowest BCUT2D eigenvalue weighted by molar-refractivity contribution is -0.145. The normalized spacial score (nSPS) is 17.3. The first-order valence-electron chi connectivity index (χ1n) is 5.99. The maximum atomic E-state index is 11.2. The number of esters is 1. The highest BCUT2D eigenvalue weighted by atomic mass is 16.6. The summed E-state index contributed by atoms with van der Waals surface area (Å²) in [7, 11) is 0. The van der Waals surface area contributed by atoms with Gasteiger partial charge < -0.3 is 20.3 Å². The molecule has 1 unspecified atom stereocenters. The summed E-state index contributed by atoms with van der Waals surface area (Å²) in [5.41, 5.74) is 7.84. The molecular formula is C13H17NO4. The van der Waals surface area contributed by atoms with Gasteiger partial charge in [0.15, 0.2) is 6.61 Å². The van der Waals surface area contributed by atoms with Crippen molar-refractivity contribution in [2.45, 2.75) is 25.8 Å². The zero-order valence-corrected chi connectivity index (χ0v) is 10.3. The van der Waals surface area contributed by atoms with E-state index in [1.807, 2.05) is 0 Å². The summed E-state index contributed by atoms with van der Waals surface area (Å²) in [6, 6.07) is 3.25. The van der Waals surface area contributed by atoms with E-state index in [9.17, 15) is 9.90 Å². The van der Waals surface area contributed by atoms with Crippen molar-refractivity contribution in [3.8, 4) is 11.5 Å². The zero-order chi connectivity index (χ0) is 13.1. The Kier molecular flexibility index (Phi) is 3.72. The number of aromatic hydroxyl groups is 1. The van der Waals surface area contributed by atoms with E-state index in [0.29, 0.717) is 18.8 Å². The highest BCUT2D eigenvalue weighted by molar-refractivity contribution is 5.71. The molecule has 1 aromatic carbocycles. The Morgan fingerprint density at radius 1 is 1.50 bits per heavy atom. The van der Waals surface area contributed by atoms with Gasteiger partial charge in [-0.05, 0) is 37.0 Å². The molecule has 0 bridgehead atoms. The molecule has 0 aliphatic heterocycles. The van der Waals surface area contributed by atoms with Gasteiger partial charge >= 0.3 is 5.97 Å². The molecule has 3 N–H and O–H groups in total. The van der Waals surface area contributed by atoms with E-state index < -0.39 is 5.97 Å². The minimum Gasteiger partial charge on any atom is -0.508 e. The van der Waals surface area contributed by atoms with E-state index in [1.165, 1.54) is 6.07 Å². The Labute approximate surface area is 106 Å².